The second-order valence-electron chi connectivity index (χ2n) is 4.42. The van der Waals surface area contributed by atoms with Crippen molar-refractivity contribution in [2.75, 3.05) is 0 Å². The van der Waals surface area contributed by atoms with E-state index in [9.17, 15) is 0 Å². The van der Waals surface area contributed by atoms with Gasteiger partial charge in [-0.15, -0.1) is 0 Å². The third-order valence-corrected chi connectivity index (χ3v) is 3.67. The highest BCUT2D eigenvalue weighted by molar-refractivity contribution is 5.67. The standard InChI is InChI=1S/C14H15N/c1-10-11(2)15-9-5-8-14(15)13-7-4-3-6-12(10)13/h3-11H,1-2H3. The summed E-state index contributed by atoms with van der Waals surface area (Å²) in [6.45, 7) is 4.61. The van der Waals surface area contributed by atoms with E-state index in [1.165, 1.54) is 16.8 Å². The van der Waals surface area contributed by atoms with E-state index in [-0.39, 0.29) is 0 Å². The fourth-order valence-corrected chi connectivity index (χ4v) is 2.61. The maximum atomic E-state index is 2.38. The van der Waals surface area contributed by atoms with Gasteiger partial charge in [-0.3, -0.25) is 0 Å². The second-order valence-corrected chi connectivity index (χ2v) is 4.42. The molecular weight excluding hydrogens is 182 g/mol. The van der Waals surface area contributed by atoms with Gasteiger partial charge in [-0.05, 0) is 24.6 Å². The molecule has 0 saturated carbocycles. The molecule has 1 heteroatoms. The first-order chi connectivity index (χ1) is 7.29. The molecule has 2 atom stereocenters. The van der Waals surface area contributed by atoms with Gasteiger partial charge in [-0.2, -0.15) is 0 Å². The van der Waals surface area contributed by atoms with E-state index in [2.05, 4.69) is 61.0 Å². The van der Waals surface area contributed by atoms with Gasteiger partial charge in [0.2, 0.25) is 0 Å². The van der Waals surface area contributed by atoms with Crippen molar-refractivity contribution in [2.45, 2.75) is 25.8 Å². The Bertz CT molecular complexity index is 496. The molecular formula is C14H15N. The van der Waals surface area contributed by atoms with Crippen molar-refractivity contribution in [2.24, 2.45) is 0 Å². The number of fused-ring (bicyclic) bond motifs is 3. The van der Waals surface area contributed by atoms with Gasteiger partial charge >= 0.3 is 0 Å². The smallest absolute Gasteiger partial charge is 0.0485 e. The SMILES string of the molecule is CC1c2ccccc2-c2cccn2C1C. The van der Waals surface area contributed by atoms with Crippen LogP contribution in [0.1, 0.15) is 31.4 Å². The molecule has 0 fully saturated rings. The minimum atomic E-state index is 0.560. The first kappa shape index (κ1) is 8.78. The summed E-state index contributed by atoms with van der Waals surface area (Å²) in [6, 6.07) is 13.7. The summed E-state index contributed by atoms with van der Waals surface area (Å²) in [5.74, 6) is 0.598. The van der Waals surface area contributed by atoms with Gasteiger partial charge in [0, 0.05) is 29.4 Å². The van der Waals surface area contributed by atoms with E-state index in [0.29, 0.717) is 12.0 Å². The predicted molar refractivity (Wildman–Crippen MR) is 63.0 cm³/mol. The van der Waals surface area contributed by atoms with Crippen LogP contribution in [0.15, 0.2) is 42.6 Å². The first-order valence-corrected chi connectivity index (χ1v) is 5.55. The van der Waals surface area contributed by atoms with Crippen LogP contribution >= 0.6 is 0 Å². The summed E-state index contributed by atoms with van der Waals surface area (Å²) in [5, 5.41) is 0. The molecule has 0 amide bonds. The zero-order valence-corrected chi connectivity index (χ0v) is 9.14. The number of aromatic nitrogens is 1. The normalized spacial score (nSPS) is 23.3. The molecule has 1 aliphatic rings. The van der Waals surface area contributed by atoms with Gasteiger partial charge in [0.1, 0.15) is 0 Å². The maximum Gasteiger partial charge on any atom is 0.0485 e. The Morgan fingerprint density at radius 2 is 1.80 bits per heavy atom. The van der Waals surface area contributed by atoms with E-state index in [0.717, 1.165) is 0 Å². The monoisotopic (exact) mass is 197 g/mol. The summed E-state index contributed by atoms with van der Waals surface area (Å²) in [6.07, 6.45) is 2.19. The van der Waals surface area contributed by atoms with Crippen LogP contribution in [-0.4, -0.2) is 4.57 Å². The molecule has 15 heavy (non-hydrogen) atoms. The number of nitrogens with zero attached hydrogens (tertiary/aromatic N) is 1. The molecule has 0 aliphatic carbocycles. The van der Waals surface area contributed by atoms with E-state index >= 15 is 0 Å². The summed E-state index contributed by atoms with van der Waals surface area (Å²) in [7, 11) is 0. The van der Waals surface area contributed by atoms with E-state index < -0.39 is 0 Å². The van der Waals surface area contributed by atoms with Crippen molar-refractivity contribution in [3.8, 4) is 11.3 Å². The number of hydrogen-bond acceptors (Lipinski definition) is 0. The average molecular weight is 197 g/mol. The lowest BCUT2D eigenvalue weighted by molar-refractivity contribution is 0.462. The molecule has 1 aromatic carbocycles. The first-order valence-electron chi connectivity index (χ1n) is 5.55. The molecule has 1 aliphatic heterocycles. The molecule has 2 aromatic rings. The Morgan fingerprint density at radius 1 is 1.00 bits per heavy atom. The minimum absolute atomic E-state index is 0.560. The molecule has 0 bridgehead atoms. The summed E-state index contributed by atoms with van der Waals surface area (Å²) in [4.78, 5) is 0. The van der Waals surface area contributed by atoms with Crippen molar-refractivity contribution in [1.29, 1.82) is 0 Å². The largest absolute Gasteiger partial charge is 0.344 e. The second kappa shape index (κ2) is 2.99. The highest BCUT2D eigenvalue weighted by Gasteiger charge is 2.26. The van der Waals surface area contributed by atoms with Gasteiger partial charge in [0.15, 0.2) is 0 Å². The topological polar surface area (TPSA) is 4.93 Å². The van der Waals surface area contributed by atoms with Crippen LogP contribution in [0.4, 0.5) is 0 Å². The fourth-order valence-electron chi connectivity index (χ4n) is 2.61. The third kappa shape index (κ3) is 1.09. The highest BCUT2D eigenvalue weighted by atomic mass is 15.0. The van der Waals surface area contributed by atoms with E-state index in [1.54, 1.807) is 0 Å². The van der Waals surface area contributed by atoms with E-state index in [4.69, 9.17) is 0 Å². The number of rotatable bonds is 0. The lowest BCUT2D eigenvalue weighted by atomic mass is 9.86. The molecule has 3 rings (SSSR count). The Hall–Kier alpha value is -1.50. The predicted octanol–water partition coefficient (Wildman–Crippen LogP) is 3.83. The van der Waals surface area contributed by atoms with Crippen LogP contribution in [-0.2, 0) is 0 Å². The molecule has 2 heterocycles. The molecule has 1 aromatic heterocycles. The number of benzene rings is 1. The van der Waals surface area contributed by atoms with Gasteiger partial charge in [-0.1, -0.05) is 31.2 Å². The molecule has 0 N–H and O–H groups in total. The average Bonchev–Trinajstić information content (AvgIpc) is 2.75. The molecule has 0 saturated heterocycles. The van der Waals surface area contributed by atoms with E-state index in [1.807, 2.05) is 0 Å². The van der Waals surface area contributed by atoms with Crippen molar-refractivity contribution in [3.05, 3.63) is 48.2 Å². The van der Waals surface area contributed by atoms with Crippen molar-refractivity contribution in [3.63, 3.8) is 0 Å². The van der Waals surface area contributed by atoms with Crippen molar-refractivity contribution >= 4 is 0 Å². The van der Waals surface area contributed by atoms with Crippen LogP contribution in [0.25, 0.3) is 11.3 Å². The van der Waals surface area contributed by atoms with Gasteiger partial charge < -0.3 is 4.57 Å². The molecule has 2 unspecified atom stereocenters. The van der Waals surface area contributed by atoms with Crippen LogP contribution in [0, 0.1) is 0 Å². The molecule has 1 nitrogen and oxygen atoms in total. The summed E-state index contributed by atoms with van der Waals surface area (Å²) in [5.41, 5.74) is 4.24. The lowest BCUT2D eigenvalue weighted by Gasteiger charge is -2.31. The Morgan fingerprint density at radius 3 is 2.67 bits per heavy atom. The minimum Gasteiger partial charge on any atom is -0.344 e. The third-order valence-electron chi connectivity index (χ3n) is 3.67. The fraction of sp³-hybridized carbons (Fsp3) is 0.286. The zero-order valence-electron chi connectivity index (χ0n) is 9.14. The number of hydrogen-bond donors (Lipinski definition) is 0. The summed E-state index contributed by atoms with van der Waals surface area (Å²) < 4.78 is 2.38. The van der Waals surface area contributed by atoms with Crippen LogP contribution in [0.5, 0.6) is 0 Å². The lowest BCUT2D eigenvalue weighted by Crippen LogP contribution is -2.18. The van der Waals surface area contributed by atoms with Crippen LogP contribution < -0.4 is 0 Å². The molecule has 0 radical (unpaired) electrons. The maximum absolute atomic E-state index is 2.38. The molecule has 0 spiro atoms. The molecule has 76 valence electrons. The highest BCUT2D eigenvalue weighted by Crippen LogP contribution is 2.41. The Labute approximate surface area is 90.4 Å². The zero-order chi connectivity index (χ0) is 10.4. The quantitative estimate of drug-likeness (QED) is 0.605. The van der Waals surface area contributed by atoms with Gasteiger partial charge in [0.05, 0.1) is 0 Å². The van der Waals surface area contributed by atoms with Crippen LogP contribution in [0.2, 0.25) is 0 Å². The van der Waals surface area contributed by atoms with Crippen molar-refractivity contribution in [1.82, 2.24) is 4.57 Å². The van der Waals surface area contributed by atoms with Crippen LogP contribution in [0.3, 0.4) is 0 Å². The van der Waals surface area contributed by atoms with Gasteiger partial charge in [0.25, 0.3) is 0 Å². The van der Waals surface area contributed by atoms with Crippen molar-refractivity contribution < 1.29 is 0 Å². The Balaban J connectivity index is 2.32. The Kier molecular flexibility index (Phi) is 1.75. The summed E-state index contributed by atoms with van der Waals surface area (Å²) >= 11 is 0. The van der Waals surface area contributed by atoms with Gasteiger partial charge in [-0.25, -0.2) is 0 Å².